The molecule has 1 atom stereocenters. The van der Waals surface area contributed by atoms with Crippen LogP contribution in [0.2, 0.25) is 0 Å². The highest BCUT2D eigenvalue weighted by atomic mass is 79.9. The summed E-state index contributed by atoms with van der Waals surface area (Å²) in [6, 6.07) is 7.66. The number of hydrogen-bond acceptors (Lipinski definition) is 3. The van der Waals surface area contributed by atoms with Crippen LogP contribution in [0.1, 0.15) is 13.8 Å². The number of ether oxygens (including phenoxy) is 1. The summed E-state index contributed by atoms with van der Waals surface area (Å²) >= 11 is 3.34. The first-order valence-electron chi connectivity index (χ1n) is 6.00. The van der Waals surface area contributed by atoms with Crippen LogP contribution >= 0.6 is 28.3 Å². The highest BCUT2D eigenvalue weighted by Gasteiger charge is 2.05. The van der Waals surface area contributed by atoms with E-state index in [9.17, 15) is 4.79 Å². The molecule has 0 radical (unpaired) electrons. The number of carbonyl (C=O) groups is 1. The van der Waals surface area contributed by atoms with E-state index in [-0.39, 0.29) is 31.0 Å². The summed E-state index contributed by atoms with van der Waals surface area (Å²) in [5.74, 6) is 0.579. The Bertz CT molecular complexity index is 373. The van der Waals surface area contributed by atoms with Crippen LogP contribution in [0.3, 0.4) is 0 Å². The molecule has 0 saturated heterocycles. The van der Waals surface area contributed by atoms with Gasteiger partial charge in [0.15, 0.2) is 6.61 Å². The molecule has 0 fully saturated rings. The van der Waals surface area contributed by atoms with Gasteiger partial charge in [-0.3, -0.25) is 4.79 Å². The fourth-order valence-electron chi connectivity index (χ4n) is 1.42. The molecule has 0 saturated carbocycles. The Morgan fingerprint density at radius 2 is 2.00 bits per heavy atom. The Balaban J connectivity index is 0.00000324. The average molecular weight is 352 g/mol. The van der Waals surface area contributed by atoms with E-state index in [1.807, 2.05) is 38.1 Å². The third kappa shape index (κ3) is 8.08. The van der Waals surface area contributed by atoms with Crippen molar-refractivity contribution in [3.8, 4) is 5.75 Å². The van der Waals surface area contributed by atoms with Gasteiger partial charge in [0.05, 0.1) is 0 Å². The van der Waals surface area contributed by atoms with E-state index >= 15 is 0 Å². The van der Waals surface area contributed by atoms with Crippen LogP contribution in [0.5, 0.6) is 5.75 Å². The second-order valence-electron chi connectivity index (χ2n) is 4.01. The molecular formula is C13H20BrClN2O2. The predicted molar refractivity (Wildman–Crippen MR) is 83.0 cm³/mol. The smallest absolute Gasteiger partial charge is 0.257 e. The third-order valence-corrected chi connectivity index (χ3v) is 2.87. The number of nitrogens with one attached hydrogen (secondary N) is 2. The minimum absolute atomic E-state index is 0. The summed E-state index contributed by atoms with van der Waals surface area (Å²) in [7, 11) is 0. The average Bonchev–Trinajstić information content (AvgIpc) is 2.36. The molecule has 6 heteroatoms. The van der Waals surface area contributed by atoms with Crippen LogP contribution in [-0.4, -0.2) is 31.6 Å². The Kier molecular flexibility index (Phi) is 9.65. The van der Waals surface area contributed by atoms with Crippen molar-refractivity contribution < 1.29 is 9.53 Å². The number of amides is 1. The summed E-state index contributed by atoms with van der Waals surface area (Å²) in [5, 5.41) is 6.03. The molecule has 0 unspecified atom stereocenters. The fraction of sp³-hybridized carbons (Fsp3) is 0.462. The minimum Gasteiger partial charge on any atom is -0.484 e. The molecule has 108 valence electrons. The van der Waals surface area contributed by atoms with Crippen molar-refractivity contribution in [2.75, 3.05) is 19.7 Å². The van der Waals surface area contributed by atoms with E-state index in [0.29, 0.717) is 12.3 Å². The maximum atomic E-state index is 11.5. The second-order valence-corrected chi connectivity index (χ2v) is 4.92. The monoisotopic (exact) mass is 350 g/mol. The van der Waals surface area contributed by atoms with Gasteiger partial charge >= 0.3 is 0 Å². The first kappa shape index (κ1) is 18.2. The van der Waals surface area contributed by atoms with Gasteiger partial charge in [0, 0.05) is 17.1 Å². The molecular weight excluding hydrogens is 332 g/mol. The quantitative estimate of drug-likeness (QED) is 0.793. The van der Waals surface area contributed by atoms with E-state index in [4.69, 9.17) is 4.74 Å². The van der Waals surface area contributed by atoms with Gasteiger partial charge in [-0.15, -0.1) is 12.4 Å². The van der Waals surface area contributed by atoms with Gasteiger partial charge in [0.2, 0.25) is 0 Å². The topological polar surface area (TPSA) is 50.4 Å². The molecule has 0 heterocycles. The lowest BCUT2D eigenvalue weighted by atomic mass is 10.3. The zero-order chi connectivity index (χ0) is 13.4. The summed E-state index contributed by atoms with van der Waals surface area (Å²) in [5.41, 5.74) is 0. The maximum Gasteiger partial charge on any atom is 0.257 e. The van der Waals surface area contributed by atoms with Gasteiger partial charge in [0.1, 0.15) is 5.75 Å². The van der Waals surface area contributed by atoms with Crippen molar-refractivity contribution in [3.05, 3.63) is 28.7 Å². The summed E-state index contributed by atoms with van der Waals surface area (Å²) in [4.78, 5) is 11.5. The highest BCUT2D eigenvalue weighted by molar-refractivity contribution is 9.10. The molecule has 1 rings (SSSR count). The number of benzene rings is 1. The number of carbonyl (C=O) groups excluding carboxylic acids is 1. The van der Waals surface area contributed by atoms with Crippen LogP contribution < -0.4 is 15.4 Å². The molecule has 0 spiro atoms. The van der Waals surface area contributed by atoms with Crippen molar-refractivity contribution in [1.82, 2.24) is 10.6 Å². The molecule has 1 amide bonds. The SMILES string of the molecule is CCN[C@H](C)CNC(=O)COc1ccc(Br)cc1.Cl. The highest BCUT2D eigenvalue weighted by Crippen LogP contribution is 2.15. The standard InChI is InChI=1S/C13H19BrN2O2.ClH/c1-3-15-10(2)8-16-13(17)9-18-12-6-4-11(14)5-7-12;/h4-7,10,15H,3,8-9H2,1-2H3,(H,16,17);1H/t10-;/m1./s1. The molecule has 0 aromatic heterocycles. The maximum absolute atomic E-state index is 11.5. The molecule has 2 N–H and O–H groups in total. The molecule has 4 nitrogen and oxygen atoms in total. The Morgan fingerprint density at radius 1 is 1.37 bits per heavy atom. The lowest BCUT2D eigenvalue weighted by Gasteiger charge is -2.13. The molecule has 0 aliphatic carbocycles. The van der Waals surface area contributed by atoms with Crippen LogP contribution in [0.25, 0.3) is 0 Å². The van der Waals surface area contributed by atoms with Gasteiger partial charge in [-0.2, -0.15) is 0 Å². The number of hydrogen-bond donors (Lipinski definition) is 2. The second kappa shape index (κ2) is 10.1. The van der Waals surface area contributed by atoms with Gasteiger partial charge in [-0.25, -0.2) is 0 Å². The zero-order valence-corrected chi connectivity index (χ0v) is 13.5. The van der Waals surface area contributed by atoms with E-state index in [2.05, 4.69) is 26.6 Å². The molecule has 1 aromatic rings. The first-order valence-corrected chi connectivity index (χ1v) is 6.79. The van der Waals surface area contributed by atoms with Crippen LogP contribution in [0.15, 0.2) is 28.7 Å². The van der Waals surface area contributed by atoms with Crippen molar-refractivity contribution >= 4 is 34.2 Å². The molecule has 19 heavy (non-hydrogen) atoms. The van der Waals surface area contributed by atoms with Gasteiger partial charge in [-0.05, 0) is 37.7 Å². The Hall–Kier alpha value is -0.780. The lowest BCUT2D eigenvalue weighted by Crippen LogP contribution is -2.40. The van der Waals surface area contributed by atoms with E-state index in [1.54, 1.807) is 0 Å². The number of halogens is 2. The van der Waals surface area contributed by atoms with Crippen molar-refractivity contribution in [2.45, 2.75) is 19.9 Å². The van der Waals surface area contributed by atoms with Crippen molar-refractivity contribution in [1.29, 1.82) is 0 Å². The van der Waals surface area contributed by atoms with Crippen molar-refractivity contribution in [2.24, 2.45) is 0 Å². The summed E-state index contributed by atoms with van der Waals surface area (Å²) in [6.07, 6.45) is 0. The zero-order valence-electron chi connectivity index (χ0n) is 11.1. The molecule has 0 bridgehead atoms. The number of rotatable bonds is 7. The van der Waals surface area contributed by atoms with Gasteiger partial charge < -0.3 is 15.4 Å². The minimum atomic E-state index is -0.109. The van der Waals surface area contributed by atoms with Crippen molar-refractivity contribution in [3.63, 3.8) is 0 Å². The molecule has 1 aromatic carbocycles. The van der Waals surface area contributed by atoms with E-state index in [1.165, 1.54) is 0 Å². The van der Waals surface area contributed by atoms with Crippen LogP contribution in [0, 0.1) is 0 Å². The Morgan fingerprint density at radius 3 is 2.58 bits per heavy atom. The molecule has 0 aliphatic heterocycles. The summed E-state index contributed by atoms with van der Waals surface area (Å²) in [6.45, 7) is 5.61. The normalized spacial score (nSPS) is 11.3. The first-order chi connectivity index (χ1) is 8.61. The van der Waals surface area contributed by atoms with E-state index in [0.717, 1.165) is 11.0 Å². The lowest BCUT2D eigenvalue weighted by molar-refractivity contribution is -0.123. The number of likely N-dealkylation sites (N-methyl/N-ethyl adjacent to an activating group) is 1. The van der Waals surface area contributed by atoms with E-state index < -0.39 is 0 Å². The van der Waals surface area contributed by atoms with Gasteiger partial charge in [-0.1, -0.05) is 22.9 Å². The largest absolute Gasteiger partial charge is 0.484 e. The summed E-state index contributed by atoms with van der Waals surface area (Å²) < 4.78 is 6.35. The van der Waals surface area contributed by atoms with Gasteiger partial charge in [0.25, 0.3) is 5.91 Å². The van der Waals surface area contributed by atoms with Crippen LogP contribution in [-0.2, 0) is 4.79 Å². The predicted octanol–water partition coefficient (Wildman–Crippen LogP) is 2.36. The molecule has 0 aliphatic rings. The third-order valence-electron chi connectivity index (χ3n) is 2.34. The Labute approximate surface area is 128 Å². The fourth-order valence-corrected chi connectivity index (χ4v) is 1.68. The van der Waals surface area contributed by atoms with Crippen LogP contribution in [0.4, 0.5) is 0 Å².